The number of ether oxygens (including phenoxy) is 1. The Morgan fingerprint density at radius 2 is 1.59 bits per heavy atom. The number of rotatable bonds is 9. The van der Waals surface area contributed by atoms with Crippen LogP contribution in [-0.4, -0.2) is 28.9 Å². The Kier molecular flexibility index (Phi) is 9.92. The predicted octanol–water partition coefficient (Wildman–Crippen LogP) is 9.03. The molecule has 3 atom stereocenters. The van der Waals surface area contributed by atoms with Gasteiger partial charge in [-0.25, -0.2) is 0 Å². The van der Waals surface area contributed by atoms with Gasteiger partial charge in [0.1, 0.15) is 5.75 Å². The lowest BCUT2D eigenvalue weighted by Gasteiger charge is -2.45. The van der Waals surface area contributed by atoms with E-state index in [9.17, 15) is 49.4 Å². The molecule has 1 fully saturated rings. The first-order valence-electron chi connectivity index (χ1n) is 13.0. The van der Waals surface area contributed by atoms with Gasteiger partial charge in [-0.3, -0.25) is 9.69 Å². The normalized spacial score (nSPS) is 19.8. The summed E-state index contributed by atoms with van der Waals surface area (Å²) in [4.78, 5) is 13.1. The molecule has 0 aliphatic carbocycles. The van der Waals surface area contributed by atoms with Crippen molar-refractivity contribution in [2.24, 2.45) is 11.8 Å². The van der Waals surface area contributed by atoms with Gasteiger partial charge in [-0.05, 0) is 79.5 Å². The minimum atomic E-state index is -5.21. The lowest BCUT2D eigenvalue weighted by atomic mass is 9.82. The third-order valence-corrected chi connectivity index (χ3v) is 7.18. The van der Waals surface area contributed by atoms with Crippen molar-refractivity contribution < 1.29 is 54.2 Å². The topological polar surface area (TPSA) is 49.8 Å². The van der Waals surface area contributed by atoms with Crippen LogP contribution in [-0.2, 0) is 17.1 Å². The molecule has 1 saturated heterocycles. The van der Waals surface area contributed by atoms with Gasteiger partial charge in [-0.15, -0.1) is 13.2 Å². The fourth-order valence-corrected chi connectivity index (χ4v) is 5.34. The number of carbonyl (C=O) groups is 1. The number of hydrogen-bond donors (Lipinski definition) is 1. The molecule has 2 aromatic carbocycles. The van der Waals surface area contributed by atoms with Crippen LogP contribution in [0.15, 0.2) is 42.5 Å². The third kappa shape index (κ3) is 9.01. The average Bonchev–Trinajstić information content (AvgIpc) is 2.83. The van der Waals surface area contributed by atoms with Crippen LogP contribution in [0.2, 0.25) is 0 Å². The largest absolute Gasteiger partial charge is 0.573 e. The van der Waals surface area contributed by atoms with Crippen LogP contribution in [0.25, 0.3) is 0 Å². The van der Waals surface area contributed by atoms with Crippen LogP contribution in [0.4, 0.5) is 39.5 Å². The highest BCUT2D eigenvalue weighted by Gasteiger charge is 2.42. The molecule has 3 rings (SSSR count). The van der Waals surface area contributed by atoms with Crippen LogP contribution in [0.5, 0.6) is 5.75 Å². The fraction of sp³-hybridized carbons (Fsp3) is 0.536. The van der Waals surface area contributed by atoms with E-state index in [-0.39, 0.29) is 43.2 Å². The van der Waals surface area contributed by atoms with Crippen LogP contribution < -0.4 is 4.74 Å². The number of benzene rings is 2. The number of aliphatic carboxylic acids is 1. The van der Waals surface area contributed by atoms with E-state index >= 15 is 0 Å². The molecule has 228 valence electrons. The second-order valence-electron chi connectivity index (χ2n) is 10.6. The van der Waals surface area contributed by atoms with Gasteiger partial charge in [0.25, 0.3) is 0 Å². The van der Waals surface area contributed by atoms with Crippen molar-refractivity contribution in [2.45, 2.75) is 76.8 Å². The van der Waals surface area contributed by atoms with Crippen molar-refractivity contribution in [2.75, 3.05) is 6.54 Å². The molecule has 0 aromatic heterocycles. The first-order chi connectivity index (χ1) is 18.8. The second kappa shape index (κ2) is 12.5. The van der Waals surface area contributed by atoms with Crippen molar-refractivity contribution in [3.05, 3.63) is 64.7 Å². The average molecular weight is 600 g/mol. The zero-order chi connectivity index (χ0) is 30.8. The molecule has 1 N–H and O–H groups in total. The van der Waals surface area contributed by atoms with Gasteiger partial charge in [-0.1, -0.05) is 32.0 Å². The maximum atomic E-state index is 14.2. The molecule has 1 aliphatic rings. The minimum Gasteiger partial charge on any atom is -0.481 e. The highest BCUT2D eigenvalue weighted by atomic mass is 19.4. The van der Waals surface area contributed by atoms with Gasteiger partial charge in [0.2, 0.25) is 0 Å². The summed E-state index contributed by atoms with van der Waals surface area (Å²) >= 11 is 0. The Morgan fingerprint density at radius 1 is 0.951 bits per heavy atom. The number of nitrogens with zero attached hydrogens (tertiary/aromatic N) is 1. The second-order valence-corrected chi connectivity index (χ2v) is 10.6. The van der Waals surface area contributed by atoms with Crippen molar-refractivity contribution in [3.63, 3.8) is 0 Å². The quantitative estimate of drug-likeness (QED) is 0.292. The maximum absolute atomic E-state index is 14.2. The number of likely N-dealkylation sites (tertiary alicyclic amines) is 1. The standard InChI is InChI=1S/C28H30F9NO3/c1-16(2)3-10-23(21-9-8-20(41-28(35,36)37)15-22(21)27(32,33)34)38-12-11-17(14-25(39)40)13-24(38)18-4-6-19(7-5-18)26(29,30)31/h4-9,15-17,23-24H,3,10-14H2,1-2H3,(H,39,40)/t17-,23-,24+/m1/s1. The minimum absolute atomic E-state index is 0.0498. The van der Waals surface area contributed by atoms with Gasteiger partial charge in [-0.2, -0.15) is 26.3 Å². The van der Waals surface area contributed by atoms with E-state index in [1.165, 1.54) is 12.1 Å². The monoisotopic (exact) mass is 599 g/mol. The zero-order valence-electron chi connectivity index (χ0n) is 22.2. The zero-order valence-corrected chi connectivity index (χ0v) is 22.2. The molecule has 0 bridgehead atoms. The molecule has 41 heavy (non-hydrogen) atoms. The molecule has 1 heterocycles. The van der Waals surface area contributed by atoms with Crippen LogP contribution in [0, 0.1) is 11.8 Å². The summed E-state index contributed by atoms with van der Waals surface area (Å²) in [7, 11) is 0. The first-order valence-corrected chi connectivity index (χ1v) is 13.0. The molecule has 0 amide bonds. The Morgan fingerprint density at radius 3 is 2.10 bits per heavy atom. The summed E-state index contributed by atoms with van der Waals surface area (Å²) in [6.45, 7) is 3.84. The van der Waals surface area contributed by atoms with Crippen LogP contribution >= 0.6 is 0 Å². The van der Waals surface area contributed by atoms with E-state index in [0.717, 1.165) is 24.3 Å². The molecular weight excluding hydrogens is 569 g/mol. The summed E-state index contributed by atoms with van der Waals surface area (Å²) in [5, 5.41) is 9.32. The Balaban J connectivity index is 2.13. The molecule has 0 spiro atoms. The number of halogens is 9. The molecule has 0 unspecified atom stereocenters. The van der Waals surface area contributed by atoms with Crippen molar-refractivity contribution in [1.29, 1.82) is 0 Å². The highest BCUT2D eigenvalue weighted by molar-refractivity contribution is 5.67. The highest BCUT2D eigenvalue weighted by Crippen LogP contribution is 2.47. The fourth-order valence-electron chi connectivity index (χ4n) is 5.34. The molecule has 2 aromatic rings. The summed E-state index contributed by atoms with van der Waals surface area (Å²) in [5.41, 5.74) is -2.15. The molecule has 4 nitrogen and oxygen atoms in total. The van der Waals surface area contributed by atoms with Gasteiger partial charge >= 0.3 is 24.7 Å². The van der Waals surface area contributed by atoms with Crippen molar-refractivity contribution in [3.8, 4) is 5.75 Å². The third-order valence-electron chi connectivity index (χ3n) is 7.18. The predicted molar refractivity (Wildman–Crippen MR) is 131 cm³/mol. The number of alkyl halides is 9. The Bertz CT molecular complexity index is 1170. The molecule has 0 radical (unpaired) electrons. The summed E-state index contributed by atoms with van der Waals surface area (Å²) in [6, 6.07) is 4.53. The van der Waals surface area contributed by atoms with Crippen LogP contribution in [0.1, 0.15) is 80.3 Å². The summed E-state index contributed by atoms with van der Waals surface area (Å²) in [6.07, 6.45) is -14.0. The van der Waals surface area contributed by atoms with E-state index in [1.54, 1.807) is 4.90 Å². The summed E-state index contributed by atoms with van der Waals surface area (Å²) in [5.74, 6) is -2.44. The Labute approximate surface area is 231 Å². The van der Waals surface area contributed by atoms with Crippen LogP contribution in [0.3, 0.4) is 0 Å². The number of carboxylic acids is 1. The lowest BCUT2D eigenvalue weighted by molar-refractivity contribution is -0.274. The Hall–Kier alpha value is -2.96. The molecule has 1 aliphatic heterocycles. The first kappa shape index (κ1) is 32.6. The SMILES string of the molecule is CC(C)CC[C@H](c1ccc(OC(F)(F)F)cc1C(F)(F)F)N1CC[C@@H](CC(=O)O)C[C@H]1c1ccc(C(F)(F)F)cc1. The molecule has 13 heteroatoms. The van der Waals surface area contributed by atoms with E-state index in [0.29, 0.717) is 24.5 Å². The smallest absolute Gasteiger partial charge is 0.481 e. The number of carboxylic acid groups (broad SMARTS) is 1. The van der Waals surface area contributed by atoms with E-state index in [2.05, 4.69) is 4.74 Å². The number of hydrogen-bond acceptors (Lipinski definition) is 3. The molecule has 0 saturated carbocycles. The lowest BCUT2D eigenvalue weighted by Crippen LogP contribution is -2.40. The van der Waals surface area contributed by atoms with Gasteiger partial charge in [0.15, 0.2) is 0 Å². The van der Waals surface area contributed by atoms with Crippen molar-refractivity contribution in [1.82, 2.24) is 4.90 Å². The van der Waals surface area contributed by atoms with Gasteiger partial charge < -0.3 is 9.84 Å². The van der Waals surface area contributed by atoms with Gasteiger partial charge in [0, 0.05) is 18.5 Å². The summed E-state index contributed by atoms with van der Waals surface area (Å²) < 4.78 is 124. The maximum Gasteiger partial charge on any atom is 0.573 e. The molecular formula is C28H30F9NO3. The van der Waals surface area contributed by atoms with Gasteiger partial charge in [0.05, 0.1) is 11.1 Å². The number of piperidine rings is 1. The van der Waals surface area contributed by atoms with E-state index in [1.807, 2.05) is 13.8 Å². The van der Waals surface area contributed by atoms with E-state index < -0.39 is 53.6 Å². The van der Waals surface area contributed by atoms with E-state index in [4.69, 9.17) is 0 Å². The van der Waals surface area contributed by atoms with Crippen molar-refractivity contribution >= 4 is 5.97 Å².